The van der Waals surface area contributed by atoms with Crippen molar-refractivity contribution >= 4 is 5.91 Å². The highest BCUT2D eigenvalue weighted by Crippen LogP contribution is 2.16. The summed E-state index contributed by atoms with van der Waals surface area (Å²) in [5.41, 5.74) is 3.95. The van der Waals surface area contributed by atoms with Gasteiger partial charge in [0.05, 0.1) is 5.56 Å². The highest BCUT2D eigenvalue weighted by molar-refractivity contribution is 5.95. The lowest BCUT2D eigenvalue weighted by molar-refractivity contribution is -0.143. The van der Waals surface area contributed by atoms with E-state index in [4.69, 9.17) is 5.73 Å². The number of halogens is 3. The molecule has 0 aliphatic carbocycles. The molecule has 0 fully saturated rings. The molecule has 20 heavy (non-hydrogen) atoms. The van der Waals surface area contributed by atoms with Crippen LogP contribution in [0.5, 0.6) is 0 Å². The molecule has 2 rings (SSSR count). The number of hydrogen-bond donors (Lipinski definition) is 1. The molecule has 7 nitrogen and oxygen atoms in total. The van der Waals surface area contributed by atoms with Gasteiger partial charge in [0.25, 0.3) is 5.91 Å². The highest BCUT2D eigenvalue weighted by atomic mass is 19.4. The number of aromatic nitrogens is 4. The van der Waals surface area contributed by atoms with Crippen LogP contribution in [0.4, 0.5) is 13.2 Å². The monoisotopic (exact) mass is 287 g/mol. The predicted octanol–water partition coefficient (Wildman–Crippen LogP) is 0.0902. The lowest BCUT2D eigenvalue weighted by Gasteiger charge is -2.05. The number of nitrogens with two attached hydrogens (primary N) is 1. The molecule has 0 saturated heterocycles. The van der Waals surface area contributed by atoms with Crippen molar-refractivity contribution < 1.29 is 18.0 Å². The minimum Gasteiger partial charge on any atom is -0.365 e. The third-order valence-corrected chi connectivity index (χ3v) is 2.34. The molecule has 0 unspecified atom stereocenters. The minimum atomic E-state index is -4.58. The van der Waals surface area contributed by atoms with E-state index in [-0.39, 0.29) is 16.1 Å². The van der Waals surface area contributed by atoms with Crippen LogP contribution in [0.25, 0.3) is 5.82 Å². The van der Waals surface area contributed by atoms with Gasteiger partial charge in [0.2, 0.25) is 0 Å². The quantitative estimate of drug-likeness (QED) is 0.865. The van der Waals surface area contributed by atoms with Crippen LogP contribution in [0.2, 0.25) is 0 Å². The minimum absolute atomic E-state index is 0.0961. The second-order valence-electron chi connectivity index (χ2n) is 3.80. The number of carbonyl (C=O) groups excluding carboxylic acids is 1. The van der Waals surface area contributed by atoms with E-state index in [1.165, 1.54) is 18.3 Å². The molecule has 106 valence electrons. The van der Waals surface area contributed by atoms with E-state index in [2.05, 4.69) is 10.1 Å². The van der Waals surface area contributed by atoms with Crippen molar-refractivity contribution in [3.8, 4) is 5.82 Å². The maximum Gasteiger partial charge on any atom is 0.408 e. The molecule has 2 aromatic heterocycles. The first-order chi connectivity index (χ1) is 9.29. The van der Waals surface area contributed by atoms with Crippen molar-refractivity contribution in [3.63, 3.8) is 0 Å². The average Bonchev–Trinajstić information content (AvgIpc) is 2.69. The van der Waals surface area contributed by atoms with Gasteiger partial charge in [-0.05, 0) is 12.1 Å². The first-order valence-corrected chi connectivity index (χ1v) is 5.26. The zero-order valence-electron chi connectivity index (χ0n) is 9.83. The van der Waals surface area contributed by atoms with E-state index in [1.54, 1.807) is 0 Å². The van der Waals surface area contributed by atoms with Gasteiger partial charge in [-0.1, -0.05) is 0 Å². The molecule has 0 radical (unpaired) electrons. The Labute approximate surface area is 109 Å². The number of primary amides is 1. The molecule has 2 heterocycles. The number of carbonyl (C=O) groups is 1. The molecule has 2 N–H and O–H groups in total. The fraction of sp³-hybridized carbons (Fsp3) is 0.200. The van der Waals surface area contributed by atoms with Crippen LogP contribution >= 0.6 is 0 Å². The number of nitrogens with zero attached hydrogens (tertiary/aromatic N) is 4. The lowest BCUT2D eigenvalue weighted by Crippen LogP contribution is -2.31. The van der Waals surface area contributed by atoms with Gasteiger partial charge in [-0.15, -0.1) is 0 Å². The molecule has 0 atom stereocenters. The summed E-state index contributed by atoms with van der Waals surface area (Å²) in [6, 6.07) is 2.72. The van der Waals surface area contributed by atoms with E-state index >= 15 is 0 Å². The highest BCUT2D eigenvalue weighted by Gasteiger charge is 2.30. The molecule has 1 amide bonds. The molecule has 0 saturated carbocycles. The van der Waals surface area contributed by atoms with Crippen LogP contribution in [0.1, 0.15) is 10.4 Å². The maximum atomic E-state index is 12.2. The first-order valence-electron chi connectivity index (χ1n) is 5.26. The summed E-state index contributed by atoms with van der Waals surface area (Å²) in [5, 5.41) is 3.33. The van der Waals surface area contributed by atoms with Gasteiger partial charge >= 0.3 is 11.9 Å². The number of pyridine rings is 1. The molecule has 0 aromatic carbocycles. The number of amides is 1. The van der Waals surface area contributed by atoms with Crippen molar-refractivity contribution in [2.45, 2.75) is 12.7 Å². The zero-order valence-corrected chi connectivity index (χ0v) is 9.83. The number of hydrogen-bond acceptors (Lipinski definition) is 4. The van der Waals surface area contributed by atoms with Crippen LogP contribution < -0.4 is 11.4 Å². The van der Waals surface area contributed by atoms with E-state index in [0.29, 0.717) is 0 Å². The fourth-order valence-electron chi connectivity index (χ4n) is 1.54. The predicted molar refractivity (Wildman–Crippen MR) is 60.2 cm³/mol. The number of alkyl halides is 3. The Hall–Kier alpha value is -2.65. The normalized spacial score (nSPS) is 11.6. The van der Waals surface area contributed by atoms with E-state index < -0.39 is 24.3 Å². The van der Waals surface area contributed by atoms with Gasteiger partial charge in [-0.2, -0.15) is 18.3 Å². The number of rotatable bonds is 3. The molecule has 0 bridgehead atoms. The summed E-state index contributed by atoms with van der Waals surface area (Å²) in [4.78, 5) is 26.8. The van der Waals surface area contributed by atoms with Crippen molar-refractivity contribution in [3.05, 3.63) is 40.7 Å². The molecule has 0 aliphatic heterocycles. The van der Waals surface area contributed by atoms with Gasteiger partial charge in [0.15, 0.2) is 5.82 Å². The summed E-state index contributed by atoms with van der Waals surface area (Å²) in [5.74, 6) is -1.03. The van der Waals surface area contributed by atoms with E-state index in [0.717, 1.165) is 10.9 Å². The SMILES string of the molecule is NC(=O)c1cccnc1-n1cnn(CC(F)(F)F)c1=O. The standard InChI is InChI=1S/C10H8F3N5O2/c11-10(12,13)4-18-9(20)17(5-16-18)8-6(7(14)19)2-1-3-15-8/h1-3,5H,4H2,(H2,14,19). The lowest BCUT2D eigenvalue weighted by atomic mass is 10.2. The molecule has 2 aromatic rings. The Morgan fingerprint density at radius 2 is 2.10 bits per heavy atom. The Morgan fingerprint density at radius 1 is 1.40 bits per heavy atom. The second kappa shape index (κ2) is 4.79. The zero-order chi connectivity index (χ0) is 14.9. The summed E-state index contributed by atoms with van der Waals surface area (Å²) in [6.07, 6.45) is -2.46. The third-order valence-electron chi connectivity index (χ3n) is 2.34. The third kappa shape index (κ3) is 2.68. The summed E-state index contributed by atoms with van der Waals surface area (Å²) in [6.45, 7) is -1.53. The van der Waals surface area contributed by atoms with Crippen molar-refractivity contribution in [1.29, 1.82) is 0 Å². The molecule has 10 heteroatoms. The summed E-state index contributed by atoms with van der Waals surface area (Å²) < 4.78 is 37.7. The molecular formula is C10H8F3N5O2. The fourth-order valence-corrected chi connectivity index (χ4v) is 1.54. The van der Waals surface area contributed by atoms with Crippen LogP contribution in [0.15, 0.2) is 29.5 Å². The smallest absolute Gasteiger partial charge is 0.365 e. The Balaban J connectivity index is 2.51. The topological polar surface area (TPSA) is 95.8 Å². The van der Waals surface area contributed by atoms with Crippen LogP contribution in [0, 0.1) is 0 Å². The van der Waals surface area contributed by atoms with Gasteiger partial charge in [-0.3, -0.25) is 4.79 Å². The largest absolute Gasteiger partial charge is 0.408 e. The van der Waals surface area contributed by atoms with Gasteiger partial charge in [0, 0.05) is 6.20 Å². The van der Waals surface area contributed by atoms with Gasteiger partial charge in [-0.25, -0.2) is 19.0 Å². The Morgan fingerprint density at radius 3 is 2.70 bits per heavy atom. The summed E-state index contributed by atoms with van der Waals surface area (Å²) in [7, 11) is 0. The van der Waals surface area contributed by atoms with Crippen LogP contribution in [-0.4, -0.2) is 31.4 Å². The molecular weight excluding hydrogens is 279 g/mol. The molecule has 0 aliphatic rings. The summed E-state index contributed by atoms with van der Waals surface area (Å²) >= 11 is 0. The Bertz CT molecular complexity index is 703. The van der Waals surface area contributed by atoms with Crippen LogP contribution in [-0.2, 0) is 6.54 Å². The van der Waals surface area contributed by atoms with Crippen LogP contribution in [0.3, 0.4) is 0 Å². The first kappa shape index (κ1) is 13.8. The Kier molecular flexibility index (Phi) is 3.30. The van der Waals surface area contributed by atoms with E-state index in [9.17, 15) is 22.8 Å². The van der Waals surface area contributed by atoms with Crippen molar-refractivity contribution in [2.75, 3.05) is 0 Å². The van der Waals surface area contributed by atoms with Gasteiger partial charge in [0.1, 0.15) is 12.9 Å². The van der Waals surface area contributed by atoms with Crippen molar-refractivity contribution in [2.24, 2.45) is 5.73 Å². The van der Waals surface area contributed by atoms with Gasteiger partial charge < -0.3 is 5.73 Å². The maximum absolute atomic E-state index is 12.2. The van der Waals surface area contributed by atoms with E-state index in [1.807, 2.05) is 0 Å². The molecule has 0 spiro atoms. The second-order valence-corrected chi connectivity index (χ2v) is 3.80. The average molecular weight is 287 g/mol. The van der Waals surface area contributed by atoms with Crippen molar-refractivity contribution in [1.82, 2.24) is 19.3 Å².